The number of anilines is 1. The van der Waals surface area contributed by atoms with Crippen LogP contribution < -0.4 is 14.4 Å². The first-order valence-electron chi connectivity index (χ1n) is 10.4. The fraction of sp³-hybridized carbons (Fsp3) is 0.619. The van der Waals surface area contributed by atoms with Gasteiger partial charge in [0.25, 0.3) is 0 Å². The highest BCUT2D eigenvalue weighted by Crippen LogP contribution is 2.45. The van der Waals surface area contributed by atoms with Crippen molar-refractivity contribution in [3.63, 3.8) is 0 Å². The van der Waals surface area contributed by atoms with Crippen molar-refractivity contribution in [1.29, 1.82) is 0 Å². The molecule has 7 nitrogen and oxygen atoms in total. The van der Waals surface area contributed by atoms with E-state index in [1.807, 2.05) is 11.0 Å². The summed E-state index contributed by atoms with van der Waals surface area (Å²) in [6, 6.07) is 5.11. The van der Waals surface area contributed by atoms with Crippen molar-refractivity contribution in [1.82, 2.24) is 0 Å². The quantitative estimate of drug-likeness (QED) is 0.655. The molecule has 2 atom stereocenters. The maximum Gasteiger partial charge on any atom is 0.248 e. The van der Waals surface area contributed by atoms with Crippen LogP contribution in [0.15, 0.2) is 23.2 Å². The minimum absolute atomic E-state index is 0.0420. The molecule has 1 aromatic carbocycles. The lowest BCUT2D eigenvalue weighted by Gasteiger charge is -2.26. The minimum atomic E-state index is -3.13. The lowest BCUT2D eigenvalue weighted by Crippen LogP contribution is -2.38. The third-order valence-electron chi connectivity index (χ3n) is 6.17. The number of carbonyl (C=O) groups excluding carboxylic acids is 1. The second-order valence-electron chi connectivity index (χ2n) is 8.19. The van der Waals surface area contributed by atoms with E-state index in [4.69, 9.17) is 9.47 Å². The number of methoxy groups -OCH3 is 2. The number of benzene rings is 1. The van der Waals surface area contributed by atoms with Crippen molar-refractivity contribution in [3.05, 3.63) is 18.2 Å². The molecule has 1 aliphatic carbocycles. The molecule has 164 valence electrons. The summed E-state index contributed by atoms with van der Waals surface area (Å²) >= 11 is 1.39. The largest absolute Gasteiger partial charge is 0.497 e. The van der Waals surface area contributed by atoms with Gasteiger partial charge in [-0.2, -0.15) is 4.99 Å². The Morgan fingerprint density at radius 3 is 2.67 bits per heavy atom. The molecule has 1 aromatic rings. The fourth-order valence-electron chi connectivity index (χ4n) is 4.62. The zero-order valence-corrected chi connectivity index (χ0v) is 19.0. The minimum Gasteiger partial charge on any atom is -0.497 e. The summed E-state index contributed by atoms with van der Waals surface area (Å²) in [5, 5.41) is 0.412. The second-order valence-corrected chi connectivity index (χ2v) is 11.5. The second kappa shape index (κ2) is 8.78. The molecule has 0 bridgehead atoms. The number of rotatable bonds is 6. The number of sulfone groups is 1. The van der Waals surface area contributed by atoms with Crippen molar-refractivity contribution in [2.24, 2.45) is 10.9 Å². The lowest BCUT2D eigenvalue weighted by molar-refractivity contribution is -0.118. The zero-order chi connectivity index (χ0) is 21.3. The molecule has 3 aliphatic rings. The number of ether oxygens (including phenoxy) is 2. The van der Waals surface area contributed by atoms with E-state index in [-0.39, 0.29) is 28.7 Å². The zero-order valence-electron chi connectivity index (χ0n) is 17.4. The van der Waals surface area contributed by atoms with Crippen LogP contribution in [0.2, 0.25) is 0 Å². The highest BCUT2D eigenvalue weighted by atomic mass is 32.2. The molecule has 0 aromatic heterocycles. The first-order chi connectivity index (χ1) is 14.4. The van der Waals surface area contributed by atoms with Gasteiger partial charge in [-0.1, -0.05) is 37.4 Å². The van der Waals surface area contributed by atoms with E-state index in [1.54, 1.807) is 26.4 Å². The van der Waals surface area contributed by atoms with Crippen LogP contribution >= 0.6 is 11.8 Å². The van der Waals surface area contributed by atoms with Gasteiger partial charge < -0.3 is 14.4 Å². The number of hydrogen-bond acceptors (Lipinski definition) is 6. The number of nitrogens with zero attached hydrogens (tertiary/aromatic N) is 2. The number of amidine groups is 1. The highest BCUT2D eigenvalue weighted by molar-refractivity contribution is 8.16. The summed E-state index contributed by atoms with van der Waals surface area (Å²) < 4.78 is 35.4. The topological polar surface area (TPSA) is 85.3 Å². The van der Waals surface area contributed by atoms with Crippen molar-refractivity contribution >= 4 is 38.4 Å². The van der Waals surface area contributed by atoms with E-state index in [9.17, 15) is 13.2 Å². The Hall–Kier alpha value is -1.74. The molecular formula is C21H28N2O5S2. The number of aliphatic imine (C=N–C) groups is 1. The third kappa shape index (κ3) is 4.46. The SMILES string of the molecule is COc1ccc(OC)c(N2C(=NC(=O)CCC3CCCC3)SC3CS(=O)(=O)CC32)c1. The predicted octanol–water partition coefficient (Wildman–Crippen LogP) is 3.28. The number of fused-ring (bicyclic) bond motifs is 1. The number of amides is 1. The van der Waals surface area contributed by atoms with Crippen molar-refractivity contribution in [3.8, 4) is 11.5 Å². The van der Waals surface area contributed by atoms with E-state index in [0.717, 1.165) is 6.42 Å². The fourth-order valence-corrected chi connectivity index (χ4v) is 8.54. The summed E-state index contributed by atoms with van der Waals surface area (Å²) in [5.41, 5.74) is 0.677. The van der Waals surface area contributed by atoms with E-state index in [1.165, 1.54) is 37.4 Å². The van der Waals surface area contributed by atoms with Crippen LogP contribution in [0.5, 0.6) is 11.5 Å². The van der Waals surface area contributed by atoms with Crippen LogP contribution in [0.1, 0.15) is 38.5 Å². The Morgan fingerprint density at radius 1 is 1.20 bits per heavy atom. The van der Waals surface area contributed by atoms with Gasteiger partial charge in [0.1, 0.15) is 11.5 Å². The first kappa shape index (κ1) is 21.5. The number of carbonyl (C=O) groups is 1. The molecule has 4 rings (SSSR count). The molecule has 0 spiro atoms. The molecule has 1 amide bonds. The van der Waals surface area contributed by atoms with Gasteiger partial charge in [-0.05, 0) is 24.5 Å². The summed E-state index contributed by atoms with van der Waals surface area (Å²) in [7, 11) is 0.0191. The van der Waals surface area contributed by atoms with Gasteiger partial charge in [-0.25, -0.2) is 8.42 Å². The molecule has 30 heavy (non-hydrogen) atoms. The van der Waals surface area contributed by atoms with Crippen molar-refractivity contribution in [2.45, 2.75) is 49.8 Å². The molecule has 1 saturated carbocycles. The van der Waals surface area contributed by atoms with Crippen molar-refractivity contribution < 1.29 is 22.7 Å². The Bertz CT molecular complexity index is 941. The van der Waals surface area contributed by atoms with E-state index >= 15 is 0 Å². The molecule has 2 unspecified atom stereocenters. The van der Waals surface area contributed by atoms with Crippen LogP contribution in [0.3, 0.4) is 0 Å². The third-order valence-corrected chi connectivity index (χ3v) is 9.38. The first-order valence-corrected chi connectivity index (χ1v) is 13.1. The van der Waals surface area contributed by atoms with E-state index in [2.05, 4.69) is 4.99 Å². The lowest BCUT2D eigenvalue weighted by atomic mass is 10.0. The highest BCUT2D eigenvalue weighted by Gasteiger charge is 2.50. The van der Waals surface area contributed by atoms with Crippen LogP contribution in [-0.4, -0.2) is 56.5 Å². The Kier molecular flexibility index (Phi) is 6.29. The monoisotopic (exact) mass is 452 g/mol. The maximum absolute atomic E-state index is 12.7. The Morgan fingerprint density at radius 2 is 1.97 bits per heavy atom. The van der Waals surface area contributed by atoms with Gasteiger partial charge in [0.05, 0.1) is 37.5 Å². The van der Waals surface area contributed by atoms with Gasteiger partial charge >= 0.3 is 0 Å². The predicted molar refractivity (Wildman–Crippen MR) is 119 cm³/mol. The van der Waals surface area contributed by atoms with Gasteiger partial charge in [0.15, 0.2) is 15.0 Å². The molecule has 0 N–H and O–H groups in total. The normalized spacial score (nSPS) is 26.9. The van der Waals surface area contributed by atoms with Crippen LogP contribution in [0, 0.1) is 5.92 Å². The van der Waals surface area contributed by atoms with Gasteiger partial charge in [0, 0.05) is 17.7 Å². The Balaban J connectivity index is 1.63. The summed E-state index contributed by atoms with van der Waals surface area (Å²) in [6.07, 6.45) is 6.23. The number of thioether (sulfide) groups is 1. The molecule has 0 radical (unpaired) electrons. The van der Waals surface area contributed by atoms with E-state index in [0.29, 0.717) is 34.7 Å². The average Bonchev–Trinajstić information content (AvgIpc) is 3.40. The molecule has 2 heterocycles. The van der Waals surface area contributed by atoms with Crippen LogP contribution in [0.25, 0.3) is 0 Å². The molecular weight excluding hydrogens is 424 g/mol. The smallest absolute Gasteiger partial charge is 0.248 e. The van der Waals surface area contributed by atoms with Gasteiger partial charge in [0.2, 0.25) is 5.91 Å². The maximum atomic E-state index is 12.7. The summed E-state index contributed by atoms with van der Waals surface area (Å²) in [5.74, 6) is 1.85. The molecule has 9 heteroatoms. The Labute approximate surface area is 182 Å². The van der Waals surface area contributed by atoms with E-state index < -0.39 is 9.84 Å². The van der Waals surface area contributed by atoms with Crippen LogP contribution in [0.4, 0.5) is 5.69 Å². The van der Waals surface area contributed by atoms with Gasteiger partial charge in [-0.15, -0.1) is 0 Å². The van der Waals surface area contributed by atoms with Crippen LogP contribution in [-0.2, 0) is 14.6 Å². The van der Waals surface area contributed by atoms with Crippen molar-refractivity contribution in [2.75, 3.05) is 30.6 Å². The molecule has 2 saturated heterocycles. The summed E-state index contributed by atoms with van der Waals surface area (Å²) in [4.78, 5) is 19.0. The average molecular weight is 453 g/mol. The number of hydrogen-bond donors (Lipinski definition) is 0. The molecule has 2 aliphatic heterocycles. The standard InChI is InChI=1S/C21H28N2O5S2/c1-27-15-8-9-18(28-2)16(11-15)23-17-12-30(25,26)13-19(17)29-21(23)22-20(24)10-7-14-5-3-4-6-14/h8-9,11,14,17,19H,3-7,10,12-13H2,1-2H3. The molecule has 3 fully saturated rings. The summed E-state index contributed by atoms with van der Waals surface area (Å²) in [6.45, 7) is 0. The van der Waals surface area contributed by atoms with Gasteiger partial charge in [-0.3, -0.25) is 4.79 Å².